The smallest absolute Gasteiger partial charge is 0.226 e. The molecule has 0 aliphatic heterocycles. The van der Waals surface area contributed by atoms with Crippen molar-refractivity contribution in [1.29, 1.82) is 0 Å². The quantitative estimate of drug-likeness (QED) is 0.783. The molecule has 3 unspecified atom stereocenters. The summed E-state index contributed by atoms with van der Waals surface area (Å²) in [5, 5.41) is 3.21. The molecule has 0 aromatic rings. The summed E-state index contributed by atoms with van der Waals surface area (Å²) in [6.07, 6.45) is 8.36. The van der Waals surface area contributed by atoms with Gasteiger partial charge in [0.2, 0.25) is 5.91 Å². The number of nitrogens with one attached hydrogen (secondary N) is 1. The molecule has 4 aliphatic carbocycles. The molecule has 19 heavy (non-hydrogen) atoms. The van der Waals surface area contributed by atoms with Gasteiger partial charge >= 0.3 is 0 Å². The van der Waals surface area contributed by atoms with Crippen molar-refractivity contribution >= 4 is 17.5 Å². The van der Waals surface area contributed by atoms with Gasteiger partial charge in [0.15, 0.2) is 0 Å². The number of hydrogen-bond acceptors (Lipinski definition) is 1. The van der Waals surface area contributed by atoms with E-state index in [0.29, 0.717) is 17.9 Å². The van der Waals surface area contributed by atoms with E-state index < -0.39 is 0 Å². The highest BCUT2D eigenvalue weighted by molar-refractivity contribution is 6.20. The molecule has 0 heterocycles. The summed E-state index contributed by atoms with van der Waals surface area (Å²) in [4.78, 5) is 12.7. The molecule has 0 radical (unpaired) electrons. The van der Waals surface area contributed by atoms with Crippen LogP contribution in [0.4, 0.5) is 0 Å². The minimum absolute atomic E-state index is 0.0524. The fourth-order valence-electron chi connectivity index (χ4n) is 5.52. The maximum absolute atomic E-state index is 12.7. The van der Waals surface area contributed by atoms with Crippen LogP contribution in [0.5, 0.6) is 0 Å². The van der Waals surface area contributed by atoms with Crippen LogP contribution in [0.3, 0.4) is 0 Å². The first-order valence-corrected chi connectivity index (χ1v) is 8.31. The molecule has 0 saturated heterocycles. The number of carbonyl (C=O) groups excluding carboxylic acids is 1. The van der Waals surface area contributed by atoms with Gasteiger partial charge < -0.3 is 5.32 Å². The average Bonchev–Trinajstić information content (AvgIpc) is 2.32. The number of hydrogen-bond donors (Lipinski definition) is 1. The van der Waals surface area contributed by atoms with E-state index in [9.17, 15) is 4.79 Å². The van der Waals surface area contributed by atoms with Crippen LogP contribution in [0.2, 0.25) is 0 Å². The molecule has 108 valence electrons. The van der Waals surface area contributed by atoms with Gasteiger partial charge in [-0.1, -0.05) is 13.8 Å². The highest BCUT2D eigenvalue weighted by atomic mass is 35.5. The molecular formula is C16H26ClNO. The van der Waals surface area contributed by atoms with E-state index in [2.05, 4.69) is 19.2 Å². The SMILES string of the molecule is CCC(Cl)CNC(=O)C12CC3CC(CC(C)(C3)C1)C2. The third-order valence-electron chi connectivity index (χ3n) is 5.76. The van der Waals surface area contributed by atoms with Gasteiger partial charge in [0.1, 0.15) is 0 Å². The van der Waals surface area contributed by atoms with Crippen molar-refractivity contribution in [3.8, 4) is 0 Å². The van der Waals surface area contributed by atoms with Crippen LogP contribution >= 0.6 is 11.6 Å². The Morgan fingerprint density at radius 2 is 1.95 bits per heavy atom. The Hall–Kier alpha value is -0.240. The molecule has 4 aliphatic rings. The molecule has 4 bridgehead atoms. The molecule has 3 heteroatoms. The van der Waals surface area contributed by atoms with Gasteiger partial charge in [0.05, 0.1) is 10.8 Å². The highest BCUT2D eigenvalue weighted by Gasteiger charge is 2.58. The third-order valence-corrected chi connectivity index (χ3v) is 6.23. The monoisotopic (exact) mass is 283 g/mol. The lowest BCUT2D eigenvalue weighted by Crippen LogP contribution is -2.57. The lowest BCUT2D eigenvalue weighted by atomic mass is 9.44. The maximum Gasteiger partial charge on any atom is 0.226 e. The molecule has 1 amide bonds. The van der Waals surface area contributed by atoms with Crippen molar-refractivity contribution < 1.29 is 4.79 Å². The highest BCUT2D eigenvalue weighted by Crippen LogP contribution is 2.65. The summed E-state index contributed by atoms with van der Waals surface area (Å²) < 4.78 is 0. The van der Waals surface area contributed by atoms with Crippen LogP contribution in [-0.2, 0) is 4.79 Å². The van der Waals surface area contributed by atoms with Crippen LogP contribution in [0.15, 0.2) is 0 Å². The summed E-state index contributed by atoms with van der Waals surface area (Å²) in [6.45, 7) is 5.10. The summed E-state index contributed by atoms with van der Waals surface area (Å²) in [6, 6.07) is 0. The third kappa shape index (κ3) is 2.41. The Morgan fingerprint density at radius 1 is 1.32 bits per heavy atom. The van der Waals surface area contributed by atoms with Gasteiger partial charge in [-0.05, 0) is 62.2 Å². The fourth-order valence-corrected chi connectivity index (χ4v) is 5.60. The number of rotatable bonds is 4. The molecule has 0 spiro atoms. The Kier molecular flexibility index (Phi) is 3.36. The first-order chi connectivity index (χ1) is 8.95. The minimum Gasteiger partial charge on any atom is -0.354 e. The maximum atomic E-state index is 12.7. The summed E-state index contributed by atoms with van der Waals surface area (Å²) in [5.74, 6) is 1.90. The van der Waals surface area contributed by atoms with E-state index >= 15 is 0 Å². The van der Waals surface area contributed by atoms with Crippen molar-refractivity contribution in [2.24, 2.45) is 22.7 Å². The topological polar surface area (TPSA) is 29.1 Å². The van der Waals surface area contributed by atoms with E-state index in [0.717, 1.165) is 37.5 Å². The van der Waals surface area contributed by atoms with Crippen molar-refractivity contribution in [3.05, 3.63) is 0 Å². The Balaban J connectivity index is 1.71. The Labute approximate surface area is 121 Å². The fraction of sp³-hybridized carbons (Fsp3) is 0.938. The second-order valence-corrected chi connectivity index (χ2v) is 8.38. The molecule has 4 saturated carbocycles. The van der Waals surface area contributed by atoms with Crippen molar-refractivity contribution in [2.45, 2.75) is 64.2 Å². The van der Waals surface area contributed by atoms with Gasteiger partial charge in [-0.2, -0.15) is 0 Å². The van der Waals surface area contributed by atoms with Crippen molar-refractivity contribution in [1.82, 2.24) is 5.32 Å². The summed E-state index contributed by atoms with van der Waals surface area (Å²) in [5.41, 5.74) is 0.385. The van der Waals surface area contributed by atoms with E-state index in [1.807, 2.05) is 0 Å². The summed E-state index contributed by atoms with van der Waals surface area (Å²) in [7, 11) is 0. The normalized spacial score (nSPS) is 45.2. The lowest BCUT2D eigenvalue weighted by Gasteiger charge is -2.60. The van der Waals surface area contributed by atoms with E-state index in [1.165, 1.54) is 19.3 Å². The largest absolute Gasteiger partial charge is 0.354 e. The zero-order valence-corrected chi connectivity index (χ0v) is 12.9. The van der Waals surface area contributed by atoms with Crippen molar-refractivity contribution in [3.63, 3.8) is 0 Å². The van der Waals surface area contributed by atoms with E-state index in [-0.39, 0.29) is 10.8 Å². The van der Waals surface area contributed by atoms with Gasteiger partial charge in [0, 0.05) is 6.54 Å². The zero-order valence-electron chi connectivity index (χ0n) is 12.2. The molecule has 2 nitrogen and oxygen atoms in total. The van der Waals surface area contributed by atoms with Gasteiger partial charge in [-0.3, -0.25) is 4.79 Å². The first kappa shape index (κ1) is 13.7. The first-order valence-electron chi connectivity index (χ1n) is 7.87. The molecule has 0 aromatic heterocycles. The van der Waals surface area contributed by atoms with Gasteiger partial charge in [0.25, 0.3) is 0 Å². The minimum atomic E-state index is -0.0524. The zero-order chi connectivity index (χ0) is 13.7. The molecule has 0 aromatic carbocycles. The van der Waals surface area contributed by atoms with Crippen LogP contribution in [-0.4, -0.2) is 17.8 Å². The summed E-state index contributed by atoms with van der Waals surface area (Å²) >= 11 is 6.13. The van der Waals surface area contributed by atoms with Crippen LogP contribution in [0.1, 0.15) is 58.8 Å². The predicted octanol–water partition coefficient (Wildman–Crippen LogP) is 3.73. The van der Waals surface area contributed by atoms with Crippen molar-refractivity contribution in [2.75, 3.05) is 6.54 Å². The standard InChI is InChI=1S/C16H26ClNO/c1-3-13(17)9-18-14(19)16-7-11-4-12(8-16)6-15(2,5-11)10-16/h11-13H,3-10H2,1-2H3,(H,18,19). The second kappa shape index (κ2) is 4.65. The van der Waals surface area contributed by atoms with Crippen LogP contribution in [0, 0.1) is 22.7 Å². The second-order valence-electron chi connectivity index (χ2n) is 7.77. The number of carbonyl (C=O) groups is 1. The average molecular weight is 284 g/mol. The predicted molar refractivity (Wildman–Crippen MR) is 78.2 cm³/mol. The van der Waals surface area contributed by atoms with E-state index in [1.54, 1.807) is 0 Å². The molecule has 4 rings (SSSR count). The molecule has 3 atom stereocenters. The Morgan fingerprint density at radius 3 is 2.47 bits per heavy atom. The molecule has 4 fully saturated rings. The van der Waals surface area contributed by atoms with Crippen LogP contribution < -0.4 is 5.32 Å². The van der Waals surface area contributed by atoms with E-state index in [4.69, 9.17) is 11.6 Å². The lowest BCUT2D eigenvalue weighted by molar-refractivity contribution is -0.155. The molecule has 1 N–H and O–H groups in total. The molecular weight excluding hydrogens is 258 g/mol. The Bertz CT molecular complexity index is 367. The number of alkyl halides is 1. The number of amides is 1. The van der Waals surface area contributed by atoms with Gasteiger partial charge in [-0.25, -0.2) is 0 Å². The van der Waals surface area contributed by atoms with Crippen LogP contribution in [0.25, 0.3) is 0 Å². The number of halogens is 1. The van der Waals surface area contributed by atoms with Gasteiger partial charge in [-0.15, -0.1) is 11.6 Å².